The van der Waals surface area contributed by atoms with E-state index < -0.39 is 12.0 Å². The van der Waals surface area contributed by atoms with Gasteiger partial charge in [-0.3, -0.25) is 4.79 Å². The summed E-state index contributed by atoms with van der Waals surface area (Å²) >= 11 is 12.1. The maximum absolute atomic E-state index is 11.5. The molecule has 0 aliphatic carbocycles. The number of hydrogen-bond donors (Lipinski definition) is 1. The second-order valence-corrected chi connectivity index (χ2v) is 5.92. The van der Waals surface area contributed by atoms with Gasteiger partial charge in [-0.05, 0) is 47.5 Å². The third kappa shape index (κ3) is 3.19. The van der Waals surface area contributed by atoms with Crippen LogP contribution in [0, 0.1) is 0 Å². The molecule has 1 atom stereocenters. The van der Waals surface area contributed by atoms with Gasteiger partial charge < -0.3 is 10.5 Å². The Morgan fingerprint density at radius 3 is 2.62 bits per heavy atom. The number of rotatable bonds is 4. The molecular formula is C17H13Cl2N3O2. The standard InChI is InChI=1S/C17H13Cl2N3O2/c1-24-15(9-3-2-4-11(18)7-9)14-12-8-10(16(20)23)5-6-13(12)21-17(19)22-14/h2-8,15H,1H3,(H2,20,23). The van der Waals surface area contributed by atoms with E-state index in [2.05, 4.69) is 9.97 Å². The highest BCUT2D eigenvalue weighted by Gasteiger charge is 2.20. The number of amides is 1. The summed E-state index contributed by atoms with van der Waals surface area (Å²) in [5.41, 5.74) is 7.67. The van der Waals surface area contributed by atoms with Crippen LogP contribution in [0.25, 0.3) is 10.9 Å². The Morgan fingerprint density at radius 2 is 1.96 bits per heavy atom. The molecule has 1 aromatic heterocycles. The minimum Gasteiger partial charge on any atom is -0.370 e. The lowest BCUT2D eigenvalue weighted by molar-refractivity contribution is 0.100. The van der Waals surface area contributed by atoms with Crippen molar-refractivity contribution in [2.45, 2.75) is 6.10 Å². The monoisotopic (exact) mass is 361 g/mol. The van der Waals surface area contributed by atoms with Crippen LogP contribution in [0.4, 0.5) is 0 Å². The third-order valence-corrected chi connectivity index (χ3v) is 4.02. The summed E-state index contributed by atoms with van der Waals surface area (Å²) in [6, 6.07) is 12.2. The van der Waals surface area contributed by atoms with Crippen molar-refractivity contribution in [2.75, 3.05) is 7.11 Å². The first-order valence-electron chi connectivity index (χ1n) is 7.05. The van der Waals surface area contributed by atoms with Crippen LogP contribution >= 0.6 is 23.2 Å². The summed E-state index contributed by atoms with van der Waals surface area (Å²) in [7, 11) is 1.56. The summed E-state index contributed by atoms with van der Waals surface area (Å²) in [5.74, 6) is -0.533. The predicted molar refractivity (Wildman–Crippen MR) is 93.4 cm³/mol. The van der Waals surface area contributed by atoms with E-state index in [0.717, 1.165) is 5.56 Å². The van der Waals surface area contributed by atoms with Crippen molar-refractivity contribution in [3.05, 3.63) is 69.6 Å². The highest BCUT2D eigenvalue weighted by molar-refractivity contribution is 6.30. The molecule has 0 fully saturated rings. The minimum absolute atomic E-state index is 0.0911. The van der Waals surface area contributed by atoms with E-state index in [1.54, 1.807) is 37.4 Å². The van der Waals surface area contributed by atoms with E-state index in [9.17, 15) is 4.79 Å². The van der Waals surface area contributed by atoms with E-state index >= 15 is 0 Å². The molecule has 5 nitrogen and oxygen atoms in total. The quantitative estimate of drug-likeness (QED) is 0.717. The fourth-order valence-corrected chi connectivity index (χ4v) is 2.93. The molecule has 3 rings (SSSR count). The molecule has 1 amide bonds. The fourth-order valence-electron chi connectivity index (χ4n) is 2.55. The maximum Gasteiger partial charge on any atom is 0.248 e. The van der Waals surface area contributed by atoms with Gasteiger partial charge in [0.1, 0.15) is 6.10 Å². The molecular weight excluding hydrogens is 349 g/mol. The number of primary amides is 1. The topological polar surface area (TPSA) is 78.1 Å². The normalized spacial score (nSPS) is 12.3. The number of carbonyl (C=O) groups is 1. The molecule has 0 radical (unpaired) electrons. The minimum atomic E-state index is -0.533. The van der Waals surface area contributed by atoms with Gasteiger partial charge in [-0.25, -0.2) is 9.97 Å². The van der Waals surface area contributed by atoms with Crippen molar-refractivity contribution in [1.82, 2.24) is 9.97 Å². The summed E-state index contributed by atoms with van der Waals surface area (Å²) in [4.78, 5) is 20.0. The van der Waals surface area contributed by atoms with Crippen molar-refractivity contribution < 1.29 is 9.53 Å². The van der Waals surface area contributed by atoms with Gasteiger partial charge in [-0.2, -0.15) is 0 Å². The SMILES string of the molecule is COC(c1cccc(Cl)c1)c1nc(Cl)nc2ccc(C(N)=O)cc12. The van der Waals surface area contributed by atoms with Crippen LogP contribution in [0.3, 0.4) is 0 Å². The van der Waals surface area contributed by atoms with Crippen LogP contribution in [0.15, 0.2) is 42.5 Å². The van der Waals surface area contributed by atoms with Gasteiger partial charge in [0.15, 0.2) is 0 Å². The molecule has 1 heterocycles. The van der Waals surface area contributed by atoms with Crippen molar-refractivity contribution in [3.8, 4) is 0 Å². The molecule has 2 N–H and O–H groups in total. The van der Waals surface area contributed by atoms with Crippen molar-refractivity contribution in [1.29, 1.82) is 0 Å². The molecule has 3 aromatic rings. The first-order valence-corrected chi connectivity index (χ1v) is 7.80. The Morgan fingerprint density at radius 1 is 1.17 bits per heavy atom. The summed E-state index contributed by atoms with van der Waals surface area (Å²) < 4.78 is 5.62. The molecule has 122 valence electrons. The molecule has 0 aliphatic heterocycles. The van der Waals surface area contributed by atoms with Crippen LogP contribution in [0.2, 0.25) is 10.3 Å². The van der Waals surface area contributed by atoms with Gasteiger partial charge in [0.25, 0.3) is 0 Å². The van der Waals surface area contributed by atoms with Crippen LogP contribution in [-0.4, -0.2) is 23.0 Å². The van der Waals surface area contributed by atoms with E-state index in [1.165, 1.54) is 0 Å². The summed E-state index contributed by atoms with van der Waals surface area (Å²) in [5, 5.41) is 1.31. The third-order valence-electron chi connectivity index (χ3n) is 3.62. The Kier molecular flexibility index (Phi) is 4.66. The van der Waals surface area contributed by atoms with E-state index in [4.69, 9.17) is 33.7 Å². The van der Waals surface area contributed by atoms with E-state index in [0.29, 0.717) is 27.2 Å². The molecule has 24 heavy (non-hydrogen) atoms. The molecule has 2 aromatic carbocycles. The zero-order chi connectivity index (χ0) is 17.3. The smallest absolute Gasteiger partial charge is 0.248 e. The van der Waals surface area contributed by atoms with Crippen molar-refractivity contribution in [2.24, 2.45) is 5.73 Å². The van der Waals surface area contributed by atoms with Crippen LogP contribution in [0.1, 0.15) is 27.7 Å². The van der Waals surface area contributed by atoms with E-state index in [1.807, 2.05) is 12.1 Å². The number of fused-ring (bicyclic) bond motifs is 1. The molecule has 0 bridgehead atoms. The first kappa shape index (κ1) is 16.6. The lowest BCUT2D eigenvalue weighted by atomic mass is 10.0. The summed E-state index contributed by atoms with van der Waals surface area (Å²) in [6.45, 7) is 0. The first-order chi connectivity index (χ1) is 11.5. The zero-order valence-corrected chi connectivity index (χ0v) is 14.2. The number of carbonyl (C=O) groups excluding carboxylic acids is 1. The van der Waals surface area contributed by atoms with Gasteiger partial charge in [-0.15, -0.1) is 0 Å². The Labute approximate surface area is 148 Å². The molecule has 0 aliphatic rings. The number of methoxy groups -OCH3 is 1. The number of aromatic nitrogens is 2. The number of ether oxygens (including phenoxy) is 1. The van der Waals surface area contributed by atoms with Crippen molar-refractivity contribution >= 4 is 40.0 Å². The van der Waals surface area contributed by atoms with Gasteiger partial charge in [0, 0.05) is 23.1 Å². The number of benzene rings is 2. The lowest BCUT2D eigenvalue weighted by Crippen LogP contribution is -2.12. The summed E-state index contributed by atoms with van der Waals surface area (Å²) in [6.07, 6.45) is -0.519. The molecule has 0 saturated carbocycles. The second kappa shape index (κ2) is 6.73. The Bertz CT molecular complexity index is 931. The predicted octanol–water partition coefficient (Wildman–Crippen LogP) is 3.77. The largest absolute Gasteiger partial charge is 0.370 e. The van der Waals surface area contributed by atoms with E-state index in [-0.39, 0.29) is 5.28 Å². The van der Waals surface area contributed by atoms with Gasteiger partial charge in [-0.1, -0.05) is 23.7 Å². The van der Waals surface area contributed by atoms with Gasteiger partial charge in [0.05, 0.1) is 11.2 Å². The second-order valence-electron chi connectivity index (χ2n) is 5.14. The zero-order valence-electron chi connectivity index (χ0n) is 12.7. The molecule has 1 unspecified atom stereocenters. The maximum atomic E-state index is 11.5. The highest BCUT2D eigenvalue weighted by Crippen LogP contribution is 2.31. The van der Waals surface area contributed by atoms with Crippen LogP contribution in [0.5, 0.6) is 0 Å². The number of hydrogen-bond acceptors (Lipinski definition) is 4. The molecule has 7 heteroatoms. The Balaban J connectivity index is 2.25. The molecule has 0 saturated heterocycles. The highest BCUT2D eigenvalue weighted by atomic mass is 35.5. The van der Waals surface area contributed by atoms with Crippen LogP contribution < -0.4 is 5.73 Å². The van der Waals surface area contributed by atoms with Crippen LogP contribution in [-0.2, 0) is 4.74 Å². The Hall–Kier alpha value is -2.21. The van der Waals surface area contributed by atoms with Crippen molar-refractivity contribution in [3.63, 3.8) is 0 Å². The molecule has 0 spiro atoms. The lowest BCUT2D eigenvalue weighted by Gasteiger charge is -2.18. The van der Waals surface area contributed by atoms with Gasteiger partial charge >= 0.3 is 0 Å². The average Bonchev–Trinajstić information content (AvgIpc) is 2.55. The number of nitrogens with two attached hydrogens (primary N) is 1. The van der Waals surface area contributed by atoms with Gasteiger partial charge in [0.2, 0.25) is 11.2 Å². The average molecular weight is 362 g/mol. The number of nitrogens with zero attached hydrogens (tertiary/aromatic N) is 2. The number of halogens is 2. The fraction of sp³-hybridized carbons (Fsp3) is 0.118.